The van der Waals surface area contributed by atoms with Crippen molar-refractivity contribution in [3.05, 3.63) is 29.8 Å². The molecule has 110 valence electrons. The van der Waals surface area contributed by atoms with E-state index in [-0.39, 0.29) is 17.9 Å². The predicted molar refractivity (Wildman–Crippen MR) is 79.5 cm³/mol. The molecule has 2 amide bonds. The van der Waals surface area contributed by atoms with Crippen molar-refractivity contribution >= 4 is 17.5 Å². The summed E-state index contributed by atoms with van der Waals surface area (Å²) in [7, 11) is 0. The van der Waals surface area contributed by atoms with Crippen molar-refractivity contribution in [3.63, 3.8) is 0 Å². The van der Waals surface area contributed by atoms with Crippen LogP contribution in [0, 0.1) is 5.41 Å². The molecule has 20 heavy (non-hydrogen) atoms. The van der Waals surface area contributed by atoms with E-state index < -0.39 is 5.91 Å². The summed E-state index contributed by atoms with van der Waals surface area (Å²) in [5.74, 6) is -0.624. The Hall–Kier alpha value is -2.04. The highest BCUT2D eigenvalue weighted by atomic mass is 16.2. The van der Waals surface area contributed by atoms with Gasteiger partial charge in [-0.1, -0.05) is 39.0 Å². The number of nitrogens with zero attached hydrogens (tertiary/aromatic N) is 1. The summed E-state index contributed by atoms with van der Waals surface area (Å²) in [6.45, 7) is 6.13. The summed E-state index contributed by atoms with van der Waals surface area (Å²) in [5, 5.41) is 0. The van der Waals surface area contributed by atoms with Gasteiger partial charge in [0, 0.05) is 18.7 Å². The maximum atomic E-state index is 12.3. The number of carbonyl (C=O) groups is 2. The van der Waals surface area contributed by atoms with Gasteiger partial charge in [0.2, 0.25) is 11.8 Å². The average molecular weight is 277 g/mol. The number of carbonyl (C=O) groups excluding carboxylic acids is 2. The van der Waals surface area contributed by atoms with Crippen LogP contribution in [0.4, 0.5) is 5.69 Å². The van der Waals surface area contributed by atoms with E-state index in [1.807, 2.05) is 39.0 Å². The van der Waals surface area contributed by atoms with E-state index in [1.54, 1.807) is 6.07 Å². The molecule has 0 spiro atoms. The van der Waals surface area contributed by atoms with Crippen molar-refractivity contribution in [2.45, 2.75) is 33.7 Å². The molecule has 1 aromatic carbocycles. The van der Waals surface area contributed by atoms with Gasteiger partial charge in [0.1, 0.15) is 0 Å². The van der Waals surface area contributed by atoms with E-state index in [0.29, 0.717) is 18.7 Å². The fourth-order valence-electron chi connectivity index (χ4n) is 1.87. The number of anilines is 1. The minimum Gasteiger partial charge on any atom is -0.398 e. The number of nitrogens with two attached hydrogens (primary N) is 2. The summed E-state index contributed by atoms with van der Waals surface area (Å²) in [6, 6.07) is 7.29. The highest BCUT2D eigenvalue weighted by molar-refractivity contribution is 5.84. The van der Waals surface area contributed by atoms with Crippen molar-refractivity contribution in [1.29, 1.82) is 0 Å². The third-order valence-corrected chi connectivity index (χ3v) is 2.80. The second-order valence-electron chi connectivity index (χ2n) is 6.15. The van der Waals surface area contributed by atoms with Crippen LogP contribution in [-0.2, 0) is 16.1 Å². The fraction of sp³-hybridized carbons (Fsp3) is 0.467. The van der Waals surface area contributed by atoms with Gasteiger partial charge >= 0.3 is 0 Å². The molecule has 0 aliphatic carbocycles. The summed E-state index contributed by atoms with van der Waals surface area (Å²) in [6.07, 6.45) is 0.354. The van der Waals surface area contributed by atoms with Crippen LogP contribution < -0.4 is 11.5 Å². The lowest BCUT2D eigenvalue weighted by atomic mass is 9.91. The van der Waals surface area contributed by atoms with Crippen LogP contribution in [-0.4, -0.2) is 23.3 Å². The number of primary amides is 1. The molecule has 0 unspecified atom stereocenters. The Morgan fingerprint density at radius 2 is 1.80 bits per heavy atom. The van der Waals surface area contributed by atoms with Crippen molar-refractivity contribution in [3.8, 4) is 0 Å². The van der Waals surface area contributed by atoms with Crippen LogP contribution in [0.3, 0.4) is 0 Å². The number of amides is 2. The predicted octanol–water partition coefficient (Wildman–Crippen LogP) is 1.52. The quantitative estimate of drug-likeness (QED) is 0.800. The molecular weight excluding hydrogens is 254 g/mol. The molecule has 0 bridgehead atoms. The van der Waals surface area contributed by atoms with Gasteiger partial charge in [-0.05, 0) is 17.0 Å². The van der Waals surface area contributed by atoms with Crippen LogP contribution in [0.25, 0.3) is 0 Å². The van der Waals surface area contributed by atoms with Gasteiger partial charge in [-0.2, -0.15) is 0 Å². The van der Waals surface area contributed by atoms with E-state index in [9.17, 15) is 9.59 Å². The molecule has 0 aromatic heterocycles. The Bertz CT molecular complexity index is 492. The van der Waals surface area contributed by atoms with Crippen LogP contribution in [0.15, 0.2) is 24.3 Å². The molecule has 0 radical (unpaired) electrons. The lowest BCUT2D eigenvalue weighted by molar-refractivity contribution is -0.137. The molecule has 4 N–H and O–H groups in total. The highest BCUT2D eigenvalue weighted by Gasteiger charge is 2.22. The van der Waals surface area contributed by atoms with Crippen molar-refractivity contribution in [2.75, 3.05) is 12.3 Å². The van der Waals surface area contributed by atoms with Gasteiger partial charge in [-0.3, -0.25) is 9.59 Å². The number of para-hydroxylation sites is 1. The third kappa shape index (κ3) is 5.30. The second-order valence-corrected chi connectivity index (χ2v) is 6.15. The number of hydrogen-bond acceptors (Lipinski definition) is 3. The molecular formula is C15H23N3O2. The summed E-state index contributed by atoms with van der Waals surface area (Å²) < 4.78 is 0. The van der Waals surface area contributed by atoms with E-state index in [0.717, 1.165) is 5.56 Å². The zero-order valence-electron chi connectivity index (χ0n) is 12.3. The molecule has 0 atom stereocenters. The molecule has 0 aliphatic rings. The molecule has 5 heteroatoms. The lowest BCUT2D eigenvalue weighted by Gasteiger charge is -2.26. The molecule has 1 rings (SSSR count). The summed E-state index contributed by atoms with van der Waals surface area (Å²) in [5.41, 5.74) is 12.4. The van der Waals surface area contributed by atoms with Crippen molar-refractivity contribution in [1.82, 2.24) is 4.90 Å². The molecule has 0 saturated carbocycles. The smallest absolute Gasteiger partial charge is 0.237 e. The van der Waals surface area contributed by atoms with Gasteiger partial charge in [0.25, 0.3) is 0 Å². The van der Waals surface area contributed by atoms with E-state index in [1.165, 1.54) is 4.90 Å². The first kappa shape index (κ1) is 16.0. The second kappa shape index (κ2) is 6.41. The normalized spacial score (nSPS) is 11.2. The van der Waals surface area contributed by atoms with Gasteiger partial charge in [0.05, 0.1) is 6.54 Å². The summed E-state index contributed by atoms with van der Waals surface area (Å²) in [4.78, 5) is 24.9. The minimum atomic E-state index is -0.526. The maximum Gasteiger partial charge on any atom is 0.237 e. The van der Waals surface area contributed by atoms with Gasteiger partial charge in [0.15, 0.2) is 0 Å². The van der Waals surface area contributed by atoms with E-state index in [2.05, 4.69) is 0 Å². The molecule has 0 heterocycles. The Morgan fingerprint density at radius 1 is 1.20 bits per heavy atom. The van der Waals surface area contributed by atoms with Crippen LogP contribution in [0.5, 0.6) is 0 Å². The standard InChI is InChI=1S/C15H23N3O2/c1-15(2,3)8-14(20)18(10-13(17)19)9-11-6-4-5-7-12(11)16/h4-7H,8-10,16H2,1-3H3,(H2,17,19). The Labute approximate surface area is 119 Å². The lowest BCUT2D eigenvalue weighted by Crippen LogP contribution is -2.39. The zero-order chi connectivity index (χ0) is 15.3. The van der Waals surface area contributed by atoms with Gasteiger partial charge < -0.3 is 16.4 Å². The molecule has 0 aliphatic heterocycles. The summed E-state index contributed by atoms with van der Waals surface area (Å²) >= 11 is 0. The largest absolute Gasteiger partial charge is 0.398 e. The third-order valence-electron chi connectivity index (χ3n) is 2.80. The van der Waals surface area contributed by atoms with Gasteiger partial charge in [-0.25, -0.2) is 0 Å². The average Bonchev–Trinajstić information content (AvgIpc) is 2.28. The number of hydrogen-bond donors (Lipinski definition) is 2. The Kier molecular flexibility index (Phi) is 5.13. The number of benzene rings is 1. The SMILES string of the molecule is CC(C)(C)CC(=O)N(CC(N)=O)Cc1ccccc1N. The number of rotatable bonds is 5. The minimum absolute atomic E-state index is 0.0940. The zero-order valence-corrected chi connectivity index (χ0v) is 12.3. The molecule has 0 saturated heterocycles. The topological polar surface area (TPSA) is 89.4 Å². The Balaban J connectivity index is 2.87. The molecule has 1 aromatic rings. The van der Waals surface area contributed by atoms with Crippen molar-refractivity contribution < 1.29 is 9.59 Å². The van der Waals surface area contributed by atoms with E-state index in [4.69, 9.17) is 11.5 Å². The first-order valence-corrected chi connectivity index (χ1v) is 6.58. The number of nitrogen functional groups attached to an aromatic ring is 1. The van der Waals surface area contributed by atoms with Gasteiger partial charge in [-0.15, -0.1) is 0 Å². The highest BCUT2D eigenvalue weighted by Crippen LogP contribution is 2.21. The maximum absolute atomic E-state index is 12.3. The fourth-order valence-corrected chi connectivity index (χ4v) is 1.87. The van der Waals surface area contributed by atoms with Crippen LogP contribution in [0.2, 0.25) is 0 Å². The molecule has 0 fully saturated rings. The first-order valence-electron chi connectivity index (χ1n) is 6.58. The molecule has 5 nitrogen and oxygen atoms in total. The van der Waals surface area contributed by atoms with E-state index >= 15 is 0 Å². The van der Waals surface area contributed by atoms with Crippen LogP contribution in [0.1, 0.15) is 32.8 Å². The van der Waals surface area contributed by atoms with Crippen LogP contribution >= 0.6 is 0 Å². The Morgan fingerprint density at radius 3 is 2.30 bits per heavy atom. The van der Waals surface area contributed by atoms with Crippen molar-refractivity contribution in [2.24, 2.45) is 11.1 Å². The monoisotopic (exact) mass is 277 g/mol. The first-order chi connectivity index (χ1) is 9.19.